The van der Waals surface area contributed by atoms with Crippen molar-refractivity contribution in [1.29, 1.82) is 0 Å². The van der Waals surface area contributed by atoms with E-state index in [0.717, 1.165) is 11.4 Å². The molecule has 1 aliphatic carbocycles. The summed E-state index contributed by atoms with van der Waals surface area (Å²) in [4.78, 5) is 4.26. The first kappa shape index (κ1) is 14.5. The molecule has 1 aliphatic rings. The fourth-order valence-corrected chi connectivity index (χ4v) is 2.90. The van der Waals surface area contributed by atoms with Crippen molar-refractivity contribution in [2.24, 2.45) is 0 Å². The molecule has 0 radical (unpaired) electrons. The number of anilines is 1. The van der Waals surface area contributed by atoms with Crippen LogP contribution in [0.25, 0.3) is 0 Å². The van der Waals surface area contributed by atoms with Crippen molar-refractivity contribution in [3.8, 4) is 0 Å². The van der Waals surface area contributed by atoms with E-state index in [9.17, 15) is 0 Å². The van der Waals surface area contributed by atoms with Crippen molar-refractivity contribution in [1.82, 2.24) is 10.3 Å². The number of halogens is 1. The molecule has 1 saturated carbocycles. The van der Waals surface area contributed by atoms with E-state index in [-0.39, 0.29) is 0 Å². The zero-order valence-corrected chi connectivity index (χ0v) is 12.8. The fourth-order valence-electron chi connectivity index (χ4n) is 2.42. The third kappa shape index (κ3) is 4.62. The summed E-state index contributed by atoms with van der Waals surface area (Å²) in [5.41, 5.74) is 0.998. The third-order valence-corrected chi connectivity index (χ3v) is 3.89. The van der Waals surface area contributed by atoms with Gasteiger partial charge in [0.15, 0.2) is 5.11 Å². The lowest BCUT2D eigenvalue weighted by molar-refractivity contribution is 0.535. The van der Waals surface area contributed by atoms with Gasteiger partial charge in [-0.25, -0.2) is 4.98 Å². The van der Waals surface area contributed by atoms with Gasteiger partial charge in [0.05, 0.1) is 5.02 Å². The van der Waals surface area contributed by atoms with Gasteiger partial charge in [-0.3, -0.25) is 0 Å². The van der Waals surface area contributed by atoms with Crippen molar-refractivity contribution in [2.75, 3.05) is 5.32 Å². The van der Waals surface area contributed by atoms with Crippen molar-refractivity contribution in [2.45, 2.75) is 51.5 Å². The number of nitrogens with one attached hydrogen (secondary N) is 2. The number of rotatable bonds is 2. The van der Waals surface area contributed by atoms with E-state index >= 15 is 0 Å². The van der Waals surface area contributed by atoms with E-state index in [1.807, 2.05) is 13.0 Å². The van der Waals surface area contributed by atoms with Crippen molar-refractivity contribution in [3.63, 3.8) is 0 Å². The van der Waals surface area contributed by atoms with Crippen molar-refractivity contribution >= 4 is 34.7 Å². The van der Waals surface area contributed by atoms with E-state index in [1.165, 1.54) is 38.5 Å². The molecule has 0 atom stereocenters. The quantitative estimate of drug-likeness (QED) is 0.638. The topological polar surface area (TPSA) is 37.0 Å². The number of nitrogens with zero attached hydrogens (tertiary/aromatic N) is 1. The van der Waals surface area contributed by atoms with Crippen LogP contribution < -0.4 is 10.6 Å². The maximum atomic E-state index is 5.89. The lowest BCUT2D eigenvalue weighted by Crippen LogP contribution is -2.37. The predicted molar refractivity (Wildman–Crippen MR) is 84.8 cm³/mol. The molecular weight excluding hydrogens is 278 g/mol. The molecule has 0 saturated heterocycles. The smallest absolute Gasteiger partial charge is 0.172 e. The first-order valence-corrected chi connectivity index (χ1v) is 7.63. The van der Waals surface area contributed by atoms with Gasteiger partial charge in [0.25, 0.3) is 0 Å². The molecule has 1 aromatic rings. The molecule has 0 aromatic carbocycles. The maximum Gasteiger partial charge on any atom is 0.172 e. The Balaban J connectivity index is 1.89. The summed E-state index contributed by atoms with van der Waals surface area (Å²) < 4.78 is 0. The van der Waals surface area contributed by atoms with Crippen molar-refractivity contribution < 1.29 is 0 Å². The highest BCUT2D eigenvalue weighted by atomic mass is 35.5. The molecule has 1 heterocycles. The lowest BCUT2D eigenvalue weighted by atomic mass is 10.1. The number of aromatic nitrogens is 1. The summed E-state index contributed by atoms with van der Waals surface area (Å²) in [6.07, 6.45) is 9.30. The summed E-state index contributed by atoms with van der Waals surface area (Å²) in [6.45, 7) is 1.97. The highest BCUT2D eigenvalue weighted by molar-refractivity contribution is 7.80. The number of hydrogen-bond acceptors (Lipinski definition) is 2. The average Bonchev–Trinajstić information content (AvgIpc) is 2.61. The van der Waals surface area contributed by atoms with Crippen LogP contribution in [0, 0.1) is 6.92 Å². The molecule has 0 aliphatic heterocycles. The number of thiocarbonyl (C=S) groups is 1. The fraction of sp³-hybridized carbons (Fsp3) is 0.571. The zero-order valence-electron chi connectivity index (χ0n) is 11.2. The SMILES string of the molecule is Cc1cc(Cl)cnc1NC(=S)NC1CCCCCC1. The van der Waals surface area contributed by atoms with Crippen molar-refractivity contribution in [3.05, 3.63) is 22.8 Å². The Labute approximate surface area is 125 Å². The van der Waals surface area contributed by atoms with E-state index in [0.29, 0.717) is 16.2 Å². The van der Waals surface area contributed by atoms with Gasteiger partial charge >= 0.3 is 0 Å². The standard InChI is InChI=1S/C14H20ClN3S/c1-10-8-11(15)9-16-13(10)18-14(19)17-12-6-4-2-3-5-7-12/h8-9,12H,2-7H2,1H3,(H2,16,17,18,19). The van der Waals surface area contributed by atoms with Crippen LogP contribution in [0.3, 0.4) is 0 Å². The number of aryl methyl sites for hydroxylation is 1. The van der Waals surface area contributed by atoms with Gasteiger partial charge in [-0.1, -0.05) is 37.3 Å². The van der Waals surface area contributed by atoms with Gasteiger partial charge in [-0.2, -0.15) is 0 Å². The van der Waals surface area contributed by atoms with Crippen LogP contribution in [0.1, 0.15) is 44.1 Å². The zero-order chi connectivity index (χ0) is 13.7. The minimum Gasteiger partial charge on any atom is -0.360 e. The molecule has 0 bridgehead atoms. The normalized spacial score (nSPS) is 16.7. The lowest BCUT2D eigenvalue weighted by Gasteiger charge is -2.19. The van der Waals surface area contributed by atoms with Gasteiger partial charge in [0.1, 0.15) is 5.82 Å². The summed E-state index contributed by atoms with van der Waals surface area (Å²) in [6, 6.07) is 2.38. The Morgan fingerprint density at radius 1 is 1.32 bits per heavy atom. The Kier molecular flexibility index (Phi) is 5.40. The van der Waals surface area contributed by atoms with Gasteiger partial charge in [-0.15, -0.1) is 0 Å². The van der Waals surface area contributed by atoms with Crippen LogP contribution in [0.15, 0.2) is 12.3 Å². The van der Waals surface area contributed by atoms with Crippen LogP contribution in [0.2, 0.25) is 5.02 Å². The van der Waals surface area contributed by atoms with Crippen LogP contribution in [0.4, 0.5) is 5.82 Å². The summed E-state index contributed by atoms with van der Waals surface area (Å²) in [5, 5.41) is 7.85. The van der Waals surface area contributed by atoms with E-state index in [4.69, 9.17) is 23.8 Å². The van der Waals surface area contributed by atoms with E-state index in [1.54, 1.807) is 6.20 Å². The second-order valence-corrected chi connectivity index (χ2v) is 5.95. The first-order valence-electron chi connectivity index (χ1n) is 6.85. The number of pyridine rings is 1. The van der Waals surface area contributed by atoms with Crippen LogP contribution in [-0.2, 0) is 0 Å². The minimum absolute atomic E-state index is 0.495. The average molecular weight is 298 g/mol. The number of hydrogen-bond donors (Lipinski definition) is 2. The molecule has 0 spiro atoms. The maximum absolute atomic E-state index is 5.89. The second kappa shape index (κ2) is 7.06. The molecule has 2 N–H and O–H groups in total. The van der Waals surface area contributed by atoms with Gasteiger partial charge in [0, 0.05) is 12.2 Å². The van der Waals surface area contributed by atoms with Gasteiger partial charge in [-0.05, 0) is 43.6 Å². The van der Waals surface area contributed by atoms with E-state index < -0.39 is 0 Å². The highest BCUT2D eigenvalue weighted by Gasteiger charge is 2.13. The molecule has 5 heteroatoms. The highest BCUT2D eigenvalue weighted by Crippen LogP contribution is 2.18. The molecule has 0 amide bonds. The predicted octanol–water partition coefficient (Wildman–Crippen LogP) is 4.05. The van der Waals surface area contributed by atoms with Gasteiger partial charge < -0.3 is 10.6 Å². The molecular formula is C14H20ClN3S. The van der Waals surface area contributed by atoms with Crippen LogP contribution in [-0.4, -0.2) is 16.1 Å². The molecule has 1 fully saturated rings. The molecule has 0 unspecified atom stereocenters. The summed E-state index contributed by atoms with van der Waals surface area (Å²) in [5.74, 6) is 0.774. The largest absolute Gasteiger partial charge is 0.360 e. The van der Waals surface area contributed by atoms with E-state index in [2.05, 4.69) is 15.6 Å². The Morgan fingerprint density at radius 2 is 2.00 bits per heavy atom. The second-order valence-electron chi connectivity index (χ2n) is 5.11. The van der Waals surface area contributed by atoms with Crippen LogP contribution in [0.5, 0.6) is 0 Å². The summed E-state index contributed by atoms with van der Waals surface area (Å²) in [7, 11) is 0. The Bertz CT molecular complexity index is 442. The van der Waals surface area contributed by atoms with Crippen LogP contribution >= 0.6 is 23.8 Å². The Morgan fingerprint density at radius 3 is 2.63 bits per heavy atom. The molecule has 3 nitrogen and oxygen atoms in total. The first-order chi connectivity index (χ1) is 9.15. The third-order valence-electron chi connectivity index (χ3n) is 3.47. The Hall–Kier alpha value is -0.870. The molecule has 1 aromatic heterocycles. The monoisotopic (exact) mass is 297 g/mol. The summed E-state index contributed by atoms with van der Waals surface area (Å²) >= 11 is 11.2. The van der Waals surface area contributed by atoms with Gasteiger partial charge in [0.2, 0.25) is 0 Å². The molecule has 19 heavy (non-hydrogen) atoms. The minimum atomic E-state index is 0.495. The molecule has 104 valence electrons. The molecule has 2 rings (SSSR count).